The largest absolute Gasteiger partial charge is 0.460 e. The summed E-state index contributed by atoms with van der Waals surface area (Å²) in [5.74, 6) is -1.05. The molecule has 2 aromatic rings. The number of thiol groups is 2. The maximum Gasteiger partial charge on any atom is 0.410 e. The number of carbonyl (C=O) groups excluding carboxylic acids is 3. The molecule has 1 saturated heterocycles. The van der Waals surface area contributed by atoms with Gasteiger partial charge in [-0.25, -0.2) is 4.79 Å². The van der Waals surface area contributed by atoms with Crippen molar-refractivity contribution in [1.29, 1.82) is 0 Å². The van der Waals surface area contributed by atoms with Crippen LogP contribution in [0.25, 0.3) is 0 Å². The van der Waals surface area contributed by atoms with Crippen LogP contribution in [0.4, 0.5) is 16.2 Å². The number of nitro groups is 2. The molecular formula is C25H28N4O9S2. The van der Waals surface area contributed by atoms with Crippen molar-refractivity contribution in [3.63, 3.8) is 0 Å². The van der Waals surface area contributed by atoms with Crippen molar-refractivity contribution in [2.24, 2.45) is 0 Å². The van der Waals surface area contributed by atoms with Gasteiger partial charge in [-0.3, -0.25) is 29.8 Å². The summed E-state index contributed by atoms with van der Waals surface area (Å²) in [6, 6.07) is 10.9. The Morgan fingerprint density at radius 2 is 1.48 bits per heavy atom. The zero-order valence-corrected chi connectivity index (χ0v) is 23.0. The van der Waals surface area contributed by atoms with Crippen LogP contribution in [0, 0.1) is 20.2 Å². The number of hydrogen-bond donors (Lipinski definition) is 3. The molecule has 15 heteroatoms. The number of likely N-dealkylation sites (tertiary alicyclic amines) is 1. The first kappa shape index (κ1) is 30.7. The number of hydrogen-bond acceptors (Lipinski definition) is 11. The molecule has 40 heavy (non-hydrogen) atoms. The van der Waals surface area contributed by atoms with Gasteiger partial charge in [0, 0.05) is 53.8 Å². The highest BCUT2D eigenvalue weighted by atomic mass is 32.1. The predicted octanol–water partition coefficient (Wildman–Crippen LogP) is 3.45. The van der Waals surface area contributed by atoms with Crippen LogP contribution >= 0.6 is 25.3 Å². The molecule has 0 bridgehead atoms. The fourth-order valence-electron chi connectivity index (χ4n) is 4.02. The fraction of sp³-hybridized carbons (Fsp3) is 0.400. The second kappa shape index (κ2) is 14.5. The van der Waals surface area contributed by atoms with E-state index in [1.165, 1.54) is 53.4 Å². The zero-order valence-electron chi connectivity index (χ0n) is 21.2. The Morgan fingerprint density at radius 3 is 2.00 bits per heavy atom. The summed E-state index contributed by atoms with van der Waals surface area (Å²) < 4.78 is 10.5. The molecule has 214 valence electrons. The Bertz CT molecular complexity index is 1230. The molecule has 0 radical (unpaired) electrons. The van der Waals surface area contributed by atoms with Crippen molar-refractivity contribution in [2.45, 2.75) is 49.0 Å². The van der Waals surface area contributed by atoms with Gasteiger partial charge in [-0.1, -0.05) is 0 Å². The molecule has 3 rings (SSSR count). The molecule has 1 aliphatic heterocycles. The Kier molecular flexibility index (Phi) is 11.1. The van der Waals surface area contributed by atoms with Crippen molar-refractivity contribution in [1.82, 2.24) is 10.2 Å². The van der Waals surface area contributed by atoms with Crippen LogP contribution in [0.3, 0.4) is 0 Å². The van der Waals surface area contributed by atoms with Crippen LogP contribution < -0.4 is 5.32 Å². The predicted molar refractivity (Wildman–Crippen MR) is 149 cm³/mol. The molecule has 0 aliphatic carbocycles. The van der Waals surface area contributed by atoms with Crippen LogP contribution in [-0.4, -0.2) is 62.3 Å². The summed E-state index contributed by atoms with van der Waals surface area (Å²) >= 11 is 9.09. The minimum absolute atomic E-state index is 0.0583. The number of rotatable bonds is 12. The summed E-state index contributed by atoms with van der Waals surface area (Å²) in [5, 5.41) is 23.5. The molecule has 1 unspecified atom stereocenters. The number of nitrogens with zero attached hydrogens (tertiary/aromatic N) is 3. The van der Waals surface area contributed by atoms with Gasteiger partial charge in [0.05, 0.1) is 9.85 Å². The maximum absolute atomic E-state index is 12.7. The molecule has 0 spiro atoms. The molecule has 0 saturated carbocycles. The van der Waals surface area contributed by atoms with Crippen LogP contribution in [0.5, 0.6) is 0 Å². The average Bonchev–Trinajstić information content (AvgIpc) is 3.34. The number of nitrogens with one attached hydrogen (secondary N) is 1. The van der Waals surface area contributed by atoms with Gasteiger partial charge in [-0.15, -0.1) is 0 Å². The SMILES string of the molecule is O=C(CCC(S)[C@@H]1C[C@H](S)CN1C(=O)OCc1ccc([N+](=O)[O-])cc1)NCC(=O)OCc1ccc([N+](=O)[O-])cc1. The quantitative estimate of drug-likeness (QED) is 0.144. The van der Waals surface area contributed by atoms with Crippen LogP contribution in [0.15, 0.2) is 48.5 Å². The molecular weight excluding hydrogens is 564 g/mol. The van der Waals surface area contributed by atoms with Crippen molar-refractivity contribution in [3.05, 3.63) is 79.9 Å². The standard InChI is InChI=1S/C25H28N4O9S2/c30-23(26-12-24(31)37-14-16-1-5-18(6-2-16)28(33)34)10-9-22(40)21-11-20(39)13-27(21)25(32)38-15-17-3-7-19(8-4-17)29(35)36/h1-8,20-22,39-40H,9-15H2,(H,26,30)/t20-,21-,22?/m0/s1. The number of amides is 2. The van der Waals surface area contributed by atoms with E-state index in [1.807, 2.05) is 0 Å². The van der Waals surface area contributed by atoms with Gasteiger partial charge in [0.2, 0.25) is 5.91 Å². The fourth-order valence-corrected chi connectivity index (χ4v) is 4.82. The molecule has 3 atom stereocenters. The second-order valence-electron chi connectivity index (χ2n) is 9.05. The lowest BCUT2D eigenvalue weighted by Gasteiger charge is -2.28. The molecule has 1 heterocycles. The number of carbonyl (C=O) groups is 3. The zero-order chi connectivity index (χ0) is 29.2. The first-order valence-electron chi connectivity index (χ1n) is 12.2. The minimum atomic E-state index is -0.662. The van der Waals surface area contributed by atoms with E-state index >= 15 is 0 Å². The van der Waals surface area contributed by atoms with Crippen LogP contribution in [-0.2, 0) is 32.3 Å². The highest BCUT2D eigenvalue weighted by molar-refractivity contribution is 7.81. The third kappa shape index (κ3) is 9.12. The second-order valence-corrected chi connectivity index (χ2v) is 10.4. The van der Waals surface area contributed by atoms with E-state index < -0.39 is 21.9 Å². The highest BCUT2D eigenvalue weighted by Gasteiger charge is 2.38. The minimum Gasteiger partial charge on any atom is -0.460 e. The molecule has 1 aliphatic rings. The topological polar surface area (TPSA) is 171 Å². The van der Waals surface area contributed by atoms with E-state index in [0.29, 0.717) is 30.5 Å². The molecule has 0 aromatic heterocycles. The van der Waals surface area contributed by atoms with Crippen molar-refractivity contribution in [3.8, 4) is 0 Å². The number of ether oxygens (including phenoxy) is 2. The number of nitro benzene ring substituents is 2. The number of benzene rings is 2. The first-order valence-corrected chi connectivity index (χ1v) is 13.2. The Hall–Kier alpha value is -3.85. The summed E-state index contributed by atoms with van der Waals surface area (Å²) in [5.41, 5.74) is 1.03. The smallest absolute Gasteiger partial charge is 0.410 e. The molecule has 1 fully saturated rings. The van der Waals surface area contributed by atoms with Crippen molar-refractivity contribution in [2.75, 3.05) is 13.1 Å². The highest BCUT2D eigenvalue weighted by Crippen LogP contribution is 2.29. The first-order chi connectivity index (χ1) is 19.0. The Morgan fingerprint density at radius 1 is 0.950 bits per heavy atom. The van der Waals surface area contributed by atoms with Gasteiger partial charge in [0.25, 0.3) is 11.4 Å². The summed E-state index contributed by atoms with van der Waals surface area (Å²) in [7, 11) is 0. The molecule has 2 aromatic carbocycles. The Balaban J connectivity index is 1.39. The van der Waals surface area contributed by atoms with Gasteiger partial charge >= 0.3 is 12.1 Å². The van der Waals surface area contributed by atoms with Crippen molar-refractivity contribution >= 4 is 54.6 Å². The van der Waals surface area contributed by atoms with Crippen molar-refractivity contribution < 1.29 is 33.7 Å². The van der Waals surface area contributed by atoms with E-state index in [2.05, 4.69) is 30.6 Å². The summed E-state index contributed by atoms with van der Waals surface area (Å²) in [4.78, 5) is 58.9. The maximum atomic E-state index is 12.7. The van der Waals surface area contributed by atoms with Gasteiger partial charge in [-0.2, -0.15) is 25.3 Å². The lowest BCUT2D eigenvalue weighted by molar-refractivity contribution is -0.385. The van der Waals surface area contributed by atoms with Gasteiger partial charge in [0.1, 0.15) is 19.8 Å². The lowest BCUT2D eigenvalue weighted by Crippen LogP contribution is -2.41. The third-order valence-electron chi connectivity index (χ3n) is 6.15. The van der Waals surface area contributed by atoms with E-state index in [1.54, 1.807) is 0 Å². The van der Waals surface area contributed by atoms with Gasteiger partial charge in [-0.05, 0) is 48.2 Å². The lowest BCUT2D eigenvalue weighted by atomic mass is 10.1. The molecule has 2 amide bonds. The monoisotopic (exact) mass is 592 g/mol. The van der Waals surface area contributed by atoms with Crippen LogP contribution in [0.1, 0.15) is 30.4 Å². The molecule has 1 N–H and O–H groups in total. The Labute approximate surface area is 240 Å². The van der Waals surface area contributed by atoms with E-state index in [0.717, 1.165) is 0 Å². The van der Waals surface area contributed by atoms with E-state index in [9.17, 15) is 34.6 Å². The summed E-state index contributed by atoms with van der Waals surface area (Å²) in [6.45, 7) is -0.144. The van der Waals surface area contributed by atoms with Gasteiger partial charge in [0.15, 0.2) is 0 Å². The van der Waals surface area contributed by atoms with E-state index in [4.69, 9.17) is 9.47 Å². The van der Waals surface area contributed by atoms with E-state index in [-0.39, 0.29) is 60.0 Å². The normalized spacial score (nSPS) is 17.1. The number of esters is 1. The summed E-state index contributed by atoms with van der Waals surface area (Å²) in [6.07, 6.45) is 0.368. The van der Waals surface area contributed by atoms with Gasteiger partial charge < -0.3 is 19.7 Å². The molecule has 13 nitrogen and oxygen atoms in total. The average molecular weight is 593 g/mol. The third-order valence-corrected chi connectivity index (χ3v) is 7.13. The number of non-ortho nitro benzene ring substituents is 2. The van der Waals surface area contributed by atoms with Crippen LogP contribution in [0.2, 0.25) is 0 Å².